The van der Waals surface area contributed by atoms with Gasteiger partial charge in [0.2, 0.25) is 0 Å². The molecule has 2 nitrogen and oxygen atoms in total. The molecule has 0 N–H and O–H groups in total. The molecule has 0 aliphatic heterocycles. The second-order valence-corrected chi connectivity index (χ2v) is 3.98. The molecule has 0 radical (unpaired) electrons. The molecule has 0 fully saturated rings. The quantitative estimate of drug-likeness (QED) is 0.720. The van der Waals surface area contributed by atoms with Crippen molar-refractivity contribution in [1.29, 1.82) is 0 Å². The van der Waals surface area contributed by atoms with Crippen LogP contribution in [0.1, 0.15) is 19.4 Å². The van der Waals surface area contributed by atoms with E-state index in [0.717, 1.165) is 17.3 Å². The van der Waals surface area contributed by atoms with Gasteiger partial charge in [-0.2, -0.15) is 0 Å². The molecule has 0 amide bonds. The predicted molar refractivity (Wildman–Crippen MR) is 58.1 cm³/mol. The van der Waals surface area contributed by atoms with Crippen molar-refractivity contribution in [2.45, 2.75) is 20.3 Å². The Bertz CT molecular complexity index is 430. The summed E-state index contributed by atoms with van der Waals surface area (Å²) in [5.74, 6) is 0.663. The van der Waals surface area contributed by atoms with E-state index in [2.05, 4.69) is 42.0 Å². The van der Waals surface area contributed by atoms with Gasteiger partial charge in [0.1, 0.15) is 6.33 Å². The number of hydrogen-bond acceptors (Lipinski definition) is 2. The third-order valence-electron chi connectivity index (χ3n) is 2.25. The Labute approximate surface area is 84.0 Å². The third-order valence-corrected chi connectivity index (χ3v) is 2.25. The highest BCUT2D eigenvalue weighted by atomic mass is 14.8. The fourth-order valence-corrected chi connectivity index (χ4v) is 1.68. The molecule has 14 heavy (non-hydrogen) atoms. The molecule has 0 unspecified atom stereocenters. The van der Waals surface area contributed by atoms with Gasteiger partial charge in [-0.15, -0.1) is 0 Å². The van der Waals surface area contributed by atoms with E-state index in [1.807, 2.05) is 6.20 Å². The normalized spacial score (nSPS) is 11.1. The topological polar surface area (TPSA) is 25.8 Å². The van der Waals surface area contributed by atoms with Crippen LogP contribution in [0, 0.1) is 5.92 Å². The number of para-hydroxylation sites is 1. The summed E-state index contributed by atoms with van der Waals surface area (Å²) in [5, 5.41) is 1.13. The lowest BCUT2D eigenvalue weighted by Gasteiger charge is -2.07. The Balaban J connectivity index is 2.53. The largest absolute Gasteiger partial charge is 0.244 e. The van der Waals surface area contributed by atoms with Gasteiger partial charge >= 0.3 is 0 Å². The predicted octanol–water partition coefficient (Wildman–Crippen LogP) is 2.83. The van der Waals surface area contributed by atoms with E-state index in [4.69, 9.17) is 0 Å². The molecule has 1 aromatic carbocycles. The molecule has 0 spiro atoms. The summed E-state index contributed by atoms with van der Waals surface area (Å²) >= 11 is 0. The molecule has 0 bridgehead atoms. The highest BCUT2D eigenvalue weighted by molar-refractivity contribution is 5.80. The molecular formula is C12H14N2. The molecule has 2 heteroatoms. The minimum atomic E-state index is 0.663. The SMILES string of the molecule is CC(C)Cc1cccc2cncnc12. The molecule has 1 aromatic heterocycles. The number of hydrogen-bond donors (Lipinski definition) is 0. The summed E-state index contributed by atoms with van der Waals surface area (Å²) in [5.41, 5.74) is 2.41. The van der Waals surface area contributed by atoms with Gasteiger partial charge in [0.25, 0.3) is 0 Å². The van der Waals surface area contributed by atoms with Crippen LogP contribution in [0.3, 0.4) is 0 Å². The Morgan fingerprint density at radius 1 is 1.29 bits per heavy atom. The Morgan fingerprint density at radius 3 is 2.93 bits per heavy atom. The minimum Gasteiger partial charge on any atom is -0.244 e. The van der Waals surface area contributed by atoms with Gasteiger partial charge in [0.05, 0.1) is 5.52 Å². The lowest BCUT2D eigenvalue weighted by Crippen LogP contribution is -1.96. The van der Waals surface area contributed by atoms with E-state index in [-0.39, 0.29) is 0 Å². The molecule has 0 saturated heterocycles. The van der Waals surface area contributed by atoms with Crippen LogP contribution in [0.15, 0.2) is 30.7 Å². The zero-order chi connectivity index (χ0) is 9.97. The summed E-state index contributed by atoms with van der Waals surface area (Å²) in [4.78, 5) is 8.35. The van der Waals surface area contributed by atoms with Gasteiger partial charge in [-0.1, -0.05) is 32.0 Å². The van der Waals surface area contributed by atoms with Crippen LogP contribution in [-0.2, 0) is 6.42 Å². The molecule has 72 valence electrons. The van der Waals surface area contributed by atoms with E-state index >= 15 is 0 Å². The van der Waals surface area contributed by atoms with E-state index < -0.39 is 0 Å². The van der Waals surface area contributed by atoms with Gasteiger partial charge < -0.3 is 0 Å². The molecule has 2 aromatic rings. The van der Waals surface area contributed by atoms with Crippen LogP contribution in [0.2, 0.25) is 0 Å². The van der Waals surface area contributed by atoms with E-state index in [9.17, 15) is 0 Å². The first-order valence-electron chi connectivity index (χ1n) is 4.95. The van der Waals surface area contributed by atoms with Gasteiger partial charge in [0, 0.05) is 11.6 Å². The average Bonchev–Trinajstić information content (AvgIpc) is 2.18. The molecule has 1 heterocycles. The second kappa shape index (κ2) is 3.74. The molecule has 0 aliphatic rings. The highest BCUT2D eigenvalue weighted by Crippen LogP contribution is 2.17. The second-order valence-electron chi connectivity index (χ2n) is 3.98. The van der Waals surface area contributed by atoms with Crippen LogP contribution in [-0.4, -0.2) is 9.97 Å². The fraction of sp³-hybridized carbons (Fsp3) is 0.333. The van der Waals surface area contributed by atoms with Gasteiger partial charge in [-0.25, -0.2) is 9.97 Å². The molecule has 0 saturated carbocycles. The van der Waals surface area contributed by atoms with Crippen molar-refractivity contribution >= 4 is 10.9 Å². The monoisotopic (exact) mass is 186 g/mol. The lowest BCUT2D eigenvalue weighted by molar-refractivity contribution is 0.649. The molecule has 0 aliphatic carbocycles. The zero-order valence-corrected chi connectivity index (χ0v) is 8.57. The van der Waals surface area contributed by atoms with Crippen molar-refractivity contribution in [3.05, 3.63) is 36.3 Å². The van der Waals surface area contributed by atoms with Gasteiger partial charge in [0.15, 0.2) is 0 Å². The first-order valence-corrected chi connectivity index (χ1v) is 4.95. The number of benzene rings is 1. The van der Waals surface area contributed by atoms with Crippen molar-refractivity contribution in [1.82, 2.24) is 9.97 Å². The summed E-state index contributed by atoms with van der Waals surface area (Å²) in [6.45, 7) is 4.44. The Morgan fingerprint density at radius 2 is 2.14 bits per heavy atom. The zero-order valence-electron chi connectivity index (χ0n) is 8.57. The van der Waals surface area contributed by atoms with Crippen LogP contribution in [0.4, 0.5) is 0 Å². The maximum Gasteiger partial charge on any atom is 0.116 e. The summed E-state index contributed by atoms with van der Waals surface area (Å²) in [6.07, 6.45) is 4.56. The van der Waals surface area contributed by atoms with Crippen molar-refractivity contribution < 1.29 is 0 Å². The molecule has 0 atom stereocenters. The van der Waals surface area contributed by atoms with Crippen LogP contribution >= 0.6 is 0 Å². The number of nitrogens with zero attached hydrogens (tertiary/aromatic N) is 2. The van der Waals surface area contributed by atoms with Crippen LogP contribution < -0.4 is 0 Å². The van der Waals surface area contributed by atoms with Crippen LogP contribution in [0.25, 0.3) is 10.9 Å². The summed E-state index contributed by atoms with van der Waals surface area (Å²) in [6, 6.07) is 6.28. The van der Waals surface area contributed by atoms with Crippen molar-refractivity contribution in [2.24, 2.45) is 5.92 Å². The number of fused-ring (bicyclic) bond motifs is 1. The first kappa shape index (κ1) is 9.13. The fourth-order valence-electron chi connectivity index (χ4n) is 1.68. The van der Waals surface area contributed by atoms with Crippen molar-refractivity contribution in [3.8, 4) is 0 Å². The van der Waals surface area contributed by atoms with E-state index in [1.54, 1.807) is 6.33 Å². The van der Waals surface area contributed by atoms with Crippen LogP contribution in [0.5, 0.6) is 0 Å². The first-order chi connectivity index (χ1) is 6.77. The maximum absolute atomic E-state index is 4.32. The van der Waals surface area contributed by atoms with Crippen molar-refractivity contribution in [2.75, 3.05) is 0 Å². The van der Waals surface area contributed by atoms with E-state index in [0.29, 0.717) is 5.92 Å². The van der Waals surface area contributed by atoms with Gasteiger partial charge in [-0.3, -0.25) is 0 Å². The Hall–Kier alpha value is -1.44. The van der Waals surface area contributed by atoms with E-state index in [1.165, 1.54) is 5.56 Å². The summed E-state index contributed by atoms with van der Waals surface area (Å²) < 4.78 is 0. The highest BCUT2D eigenvalue weighted by Gasteiger charge is 2.03. The summed E-state index contributed by atoms with van der Waals surface area (Å²) in [7, 11) is 0. The smallest absolute Gasteiger partial charge is 0.116 e. The molecule has 2 rings (SSSR count). The number of rotatable bonds is 2. The third kappa shape index (κ3) is 1.74. The van der Waals surface area contributed by atoms with Crippen molar-refractivity contribution in [3.63, 3.8) is 0 Å². The standard InChI is InChI=1S/C12H14N2/c1-9(2)6-10-4-3-5-11-7-13-8-14-12(10)11/h3-5,7-9H,6H2,1-2H3. The average molecular weight is 186 g/mol. The maximum atomic E-state index is 4.32. The lowest BCUT2D eigenvalue weighted by atomic mass is 10.0. The van der Waals surface area contributed by atoms with Gasteiger partial charge in [-0.05, 0) is 17.9 Å². The Kier molecular flexibility index (Phi) is 2.44. The number of aromatic nitrogens is 2. The minimum absolute atomic E-state index is 0.663. The molecular weight excluding hydrogens is 172 g/mol.